The van der Waals surface area contributed by atoms with E-state index in [1.165, 1.54) is 12.8 Å². The molecule has 5 nitrogen and oxygen atoms in total. The summed E-state index contributed by atoms with van der Waals surface area (Å²) in [5, 5.41) is 0. The second kappa shape index (κ2) is 5.30. The van der Waals surface area contributed by atoms with Crippen LogP contribution in [0.1, 0.15) is 55.8 Å². The van der Waals surface area contributed by atoms with Gasteiger partial charge in [-0.3, -0.25) is 9.69 Å². The molecule has 0 bridgehead atoms. The number of H-pyrrole nitrogens is 1. The first-order valence-electron chi connectivity index (χ1n) is 7.52. The van der Waals surface area contributed by atoms with Crippen molar-refractivity contribution in [2.24, 2.45) is 0 Å². The number of ether oxygens (including phenoxy) is 1. The molecule has 0 saturated carbocycles. The summed E-state index contributed by atoms with van der Waals surface area (Å²) in [5.74, 6) is 0.873. The van der Waals surface area contributed by atoms with Gasteiger partial charge >= 0.3 is 0 Å². The van der Waals surface area contributed by atoms with Crippen LogP contribution in [0.4, 0.5) is 0 Å². The molecule has 3 heterocycles. The Morgan fingerprint density at radius 2 is 2.25 bits per heavy atom. The number of aryl methyl sites for hydroxylation is 1. The van der Waals surface area contributed by atoms with Crippen molar-refractivity contribution in [2.75, 3.05) is 19.7 Å². The molecule has 2 aliphatic heterocycles. The van der Waals surface area contributed by atoms with Crippen LogP contribution in [-0.2, 0) is 4.74 Å². The molecule has 2 saturated heterocycles. The van der Waals surface area contributed by atoms with Gasteiger partial charge in [0.15, 0.2) is 0 Å². The number of nitrogens with one attached hydrogen (secondary N) is 1. The molecule has 2 aliphatic rings. The molecule has 2 unspecified atom stereocenters. The molecule has 0 spiro atoms. The number of hydrogen-bond acceptors (Lipinski definition) is 4. The summed E-state index contributed by atoms with van der Waals surface area (Å²) in [6.45, 7) is 8.68. The lowest BCUT2D eigenvalue weighted by Gasteiger charge is -2.34. The van der Waals surface area contributed by atoms with Crippen molar-refractivity contribution in [3.05, 3.63) is 27.4 Å². The van der Waals surface area contributed by atoms with Gasteiger partial charge in [-0.15, -0.1) is 0 Å². The van der Waals surface area contributed by atoms with E-state index in [2.05, 4.69) is 14.9 Å². The molecule has 110 valence electrons. The summed E-state index contributed by atoms with van der Waals surface area (Å²) >= 11 is 0. The number of morpholine rings is 1. The lowest BCUT2D eigenvalue weighted by molar-refractivity contribution is -0.0543. The zero-order chi connectivity index (χ0) is 14.3. The van der Waals surface area contributed by atoms with E-state index in [1.807, 2.05) is 20.8 Å². The van der Waals surface area contributed by atoms with Crippen LogP contribution in [0.25, 0.3) is 0 Å². The minimum absolute atomic E-state index is 0.0188. The normalized spacial score (nSPS) is 27.0. The summed E-state index contributed by atoms with van der Waals surface area (Å²) in [6.07, 6.45) is 2.37. The van der Waals surface area contributed by atoms with Crippen LogP contribution in [0, 0.1) is 6.92 Å². The molecular formula is C15H23N3O2. The summed E-state index contributed by atoms with van der Waals surface area (Å²) in [7, 11) is 0. The highest BCUT2D eigenvalue weighted by atomic mass is 16.5. The standard InChI is InChI=1S/C15H23N3O2/c1-9(2)13-10(3)16-14(17-15(13)19)12-7-18-6-4-5-11(18)8-20-12/h9,11-12H,4-8H2,1-3H3,(H,16,17,19). The smallest absolute Gasteiger partial charge is 0.254 e. The van der Waals surface area contributed by atoms with Crippen molar-refractivity contribution in [3.8, 4) is 0 Å². The first-order valence-corrected chi connectivity index (χ1v) is 7.52. The van der Waals surface area contributed by atoms with Crippen LogP contribution in [-0.4, -0.2) is 40.6 Å². The molecule has 5 heteroatoms. The molecule has 1 aromatic rings. The Labute approximate surface area is 119 Å². The first-order chi connectivity index (χ1) is 9.56. The van der Waals surface area contributed by atoms with Gasteiger partial charge < -0.3 is 9.72 Å². The summed E-state index contributed by atoms with van der Waals surface area (Å²) in [4.78, 5) is 22.2. The van der Waals surface area contributed by atoms with Gasteiger partial charge in [-0.25, -0.2) is 4.98 Å². The minimum atomic E-state index is -0.100. The predicted octanol–water partition coefficient (Wildman–Crippen LogP) is 1.74. The summed E-state index contributed by atoms with van der Waals surface area (Å²) in [6, 6.07) is 0.564. The van der Waals surface area contributed by atoms with Crippen molar-refractivity contribution >= 4 is 0 Å². The van der Waals surface area contributed by atoms with Crippen LogP contribution in [0.15, 0.2) is 4.79 Å². The van der Waals surface area contributed by atoms with Crippen LogP contribution < -0.4 is 5.56 Å². The van der Waals surface area contributed by atoms with E-state index in [0.717, 1.165) is 31.0 Å². The van der Waals surface area contributed by atoms with E-state index in [9.17, 15) is 4.79 Å². The highest BCUT2D eigenvalue weighted by Crippen LogP contribution is 2.28. The molecule has 1 aromatic heterocycles. The average molecular weight is 277 g/mol. The Morgan fingerprint density at radius 1 is 1.45 bits per heavy atom. The van der Waals surface area contributed by atoms with Crippen molar-refractivity contribution in [2.45, 2.75) is 51.7 Å². The second-order valence-corrected chi connectivity index (χ2v) is 6.22. The number of aromatic amines is 1. The fraction of sp³-hybridized carbons (Fsp3) is 0.733. The Kier molecular flexibility index (Phi) is 3.65. The summed E-state index contributed by atoms with van der Waals surface area (Å²) in [5.41, 5.74) is 1.59. The quantitative estimate of drug-likeness (QED) is 0.894. The molecule has 0 aliphatic carbocycles. The molecule has 0 aromatic carbocycles. The van der Waals surface area contributed by atoms with Crippen molar-refractivity contribution < 1.29 is 4.74 Å². The highest BCUT2D eigenvalue weighted by Gasteiger charge is 2.34. The van der Waals surface area contributed by atoms with Gasteiger partial charge in [0.05, 0.1) is 6.61 Å². The SMILES string of the molecule is Cc1nc(C2CN3CCCC3CO2)[nH]c(=O)c1C(C)C. The van der Waals surface area contributed by atoms with Crippen LogP contribution in [0.2, 0.25) is 0 Å². The molecule has 2 atom stereocenters. The van der Waals surface area contributed by atoms with Crippen LogP contribution >= 0.6 is 0 Å². The third-order valence-electron chi connectivity index (χ3n) is 4.44. The van der Waals surface area contributed by atoms with E-state index >= 15 is 0 Å². The van der Waals surface area contributed by atoms with Crippen molar-refractivity contribution in [1.82, 2.24) is 14.9 Å². The van der Waals surface area contributed by atoms with E-state index in [-0.39, 0.29) is 17.6 Å². The average Bonchev–Trinajstić information content (AvgIpc) is 2.84. The van der Waals surface area contributed by atoms with E-state index in [0.29, 0.717) is 11.9 Å². The van der Waals surface area contributed by atoms with Crippen molar-refractivity contribution in [1.29, 1.82) is 0 Å². The third kappa shape index (κ3) is 2.40. The fourth-order valence-electron chi connectivity index (χ4n) is 3.43. The minimum Gasteiger partial charge on any atom is -0.367 e. The Morgan fingerprint density at radius 3 is 2.95 bits per heavy atom. The van der Waals surface area contributed by atoms with Gasteiger partial charge in [-0.2, -0.15) is 0 Å². The fourth-order valence-corrected chi connectivity index (χ4v) is 3.43. The van der Waals surface area contributed by atoms with E-state index < -0.39 is 0 Å². The van der Waals surface area contributed by atoms with Gasteiger partial charge in [0.1, 0.15) is 11.9 Å². The number of nitrogens with zero attached hydrogens (tertiary/aromatic N) is 2. The number of fused-ring (bicyclic) bond motifs is 1. The maximum absolute atomic E-state index is 12.2. The monoisotopic (exact) mass is 277 g/mol. The highest BCUT2D eigenvalue weighted by molar-refractivity contribution is 5.20. The lowest BCUT2D eigenvalue weighted by Crippen LogP contribution is -2.43. The lowest BCUT2D eigenvalue weighted by atomic mass is 10.0. The first kappa shape index (κ1) is 13.8. The molecule has 3 rings (SSSR count). The van der Waals surface area contributed by atoms with Crippen LogP contribution in [0.5, 0.6) is 0 Å². The third-order valence-corrected chi connectivity index (χ3v) is 4.44. The molecule has 0 radical (unpaired) electrons. The number of rotatable bonds is 2. The zero-order valence-electron chi connectivity index (χ0n) is 12.5. The Bertz CT molecular complexity index is 553. The van der Waals surface area contributed by atoms with Gasteiger partial charge in [0, 0.05) is 23.8 Å². The van der Waals surface area contributed by atoms with Gasteiger partial charge in [0.25, 0.3) is 5.56 Å². The topological polar surface area (TPSA) is 58.2 Å². The van der Waals surface area contributed by atoms with E-state index in [1.54, 1.807) is 0 Å². The van der Waals surface area contributed by atoms with Crippen LogP contribution in [0.3, 0.4) is 0 Å². The van der Waals surface area contributed by atoms with E-state index in [4.69, 9.17) is 4.74 Å². The molecule has 2 fully saturated rings. The molecule has 1 N–H and O–H groups in total. The number of hydrogen-bond donors (Lipinski definition) is 1. The Balaban J connectivity index is 1.86. The largest absolute Gasteiger partial charge is 0.367 e. The summed E-state index contributed by atoms with van der Waals surface area (Å²) < 4.78 is 5.91. The Hall–Kier alpha value is -1.20. The maximum Gasteiger partial charge on any atom is 0.254 e. The van der Waals surface area contributed by atoms with Gasteiger partial charge in [0.2, 0.25) is 0 Å². The van der Waals surface area contributed by atoms with Gasteiger partial charge in [-0.05, 0) is 32.2 Å². The molecule has 20 heavy (non-hydrogen) atoms. The maximum atomic E-state index is 12.2. The predicted molar refractivity (Wildman–Crippen MR) is 77.0 cm³/mol. The second-order valence-electron chi connectivity index (χ2n) is 6.22. The molecule has 0 amide bonds. The van der Waals surface area contributed by atoms with Crippen molar-refractivity contribution in [3.63, 3.8) is 0 Å². The zero-order valence-corrected chi connectivity index (χ0v) is 12.5. The van der Waals surface area contributed by atoms with Gasteiger partial charge in [-0.1, -0.05) is 13.8 Å². The molecular weight excluding hydrogens is 254 g/mol. The number of aromatic nitrogens is 2.